The highest BCUT2D eigenvalue weighted by Crippen LogP contribution is 2.31. The molecule has 0 radical (unpaired) electrons. The number of amides is 1. The molecule has 0 atom stereocenters. The minimum Gasteiger partial charge on any atom is -0.493 e. The number of benzene rings is 1. The van der Waals surface area contributed by atoms with Crippen molar-refractivity contribution in [2.24, 2.45) is 0 Å². The lowest BCUT2D eigenvalue weighted by Crippen LogP contribution is -2.25. The normalized spacial score (nSPS) is 10.2. The number of methoxy groups -OCH3 is 2. The third-order valence-electron chi connectivity index (χ3n) is 2.84. The molecule has 0 aliphatic heterocycles. The zero-order valence-electron chi connectivity index (χ0n) is 11.3. The molecule has 6 heteroatoms. The van der Waals surface area contributed by atoms with E-state index in [-0.39, 0.29) is 11.7 Å². The van der Waals surface area contributed by atoms with Gasteiger partial charge in [-0.05, 0) is 40.2 Å². The number of halogens is 1. The Kier molecular flexibility index (Phi) is 4.34. The van der Waals surface area contributed by atoms with E-state index in [2.05, 4.69) is 15.9 Å². The SMILES string of the molecule is COc1ccc(N(C)C(=O)c2ccc(Br)o2)cc1OC. The molecule has 1 aromatic carbocycles. The van der Waals surface area contributed by atoms with E-state index in [1.807, 2.05) is 0 Å². The Labute approximate surface area is 125 Å². The second-order valence-corrected chi connectivity index (χ2v) is 4.79. The molecule has 0 saturated heterocycles. The number of anilines is 1. The predicted octanol–water partition coefficient (Wildman–Crippen LogP) is 3.34. The van der Waals surface area contributed by atoms with E-state index >= 15 is 0 Å². The summed E-state index contributed by atoms with van der Waals surface area (Å²) in [5.74, 6) is 1.18. The lowest BCUT2D eigenvalue weighted by Gasteiger charge is -2.17. The van der Waals surface area contributed by atoms with E-state index in [0.717, 1.165) is 0 Å². The Morgan fingerprint density at radius 3 is 2.40 bits per heavy atom. The molecule has 2 rings (SSSR count). The largest absolute Gasteiger partial charge is 0.493 e. The molecule has 106 valence electrons. The number of rotatable bonds is 4. The third kappa shape index (κ3) is 2.80. The Hall–Kier alpha value is -1.95. The van der Waals surface area contributed by atoms with Gasteiger partial charge in [0.25, 0.3) is 5.91 Å². The van der Waals surface area contributed by atoms with Gasteiger partial charge in [-0.15, -0.1) is 0 Å². The second-order valence-electron chi connectivity index (χ2n) is 4.01. The van der Waals surface area contributed by atoms with Gasteiger partial charge in [0.15, 0.2) is 21.9 Å². The minimum absolute atomic E-state index is 0.247. The van der Waals surface area contributed by atoms with Gasteiger partial charge in [-0.1, -0.05) is 0 Å². The molecule has 2 aromatic rings. The molecule has 1 aromatic heterocycles. The molecule has 0 N–H and O–H groups in total. The highest BCUT2D eigenvalue weighted by atomic mass is 79.9. The molecule has 1 heterocycles. The summed E-state index contributed by atoms with van der Waals surface area (Å²) < 4.78 is 16.2. The summed E-state index contributed by atoms with van der Waals surface area (Å²) in [5.41, 5.74) is 0.681. The van der Waals surface area contributed by atoms with Crippen molar-refractivity contribution in [1.29, 1.82) is 0 Å². The van der Waals surface area contributed by atoms with Crippen LogP contribution in [0, 0.1) is 0 Å². The van der Waals surface area contributed by atoms with E-state index in [1.165, 1.54) is 4.90 Å². The van der Waals surface area contributed by atoms with Crippen molar-refractivity contribution < 1.29 is 18.7 Å². The Balaban J connectivity index is 2.29. The summed E-state index contributed by atoms with van der Waals surface area (Å²) in [7, 11) is 4.78. The van der Waals surface area contributed by atoms with Crippen LogP contribution in [-0.2, 0) is 0 Å². The first kappa shape index (κ1) is 14.5. The van der Waals surface area contributed by atoms with Crippen LogP contribution in [0.15, 0.2) is 39.4 Å². The number of hydrogen-bond acceptors (Lipinski definition) is 4. The van der Waals surface area contributed by atoms with Crippen molar-refractivity contribution >= 4 is 27.5 Å². The minimum atomic E-state index is -0.247. The van der Waals surface area contributed by atoms with Crippen LogP contribution >= 0.6 is 15.9 Å². The number of furan rings is 1. The van der Waals surface area contributed by atoms with Gasteiger partial charge in [0.2, 0.25) is 0 Å². The molecule has 0 unspecified atom stereocenters. The summed E-state index contributed by atoms with van der Waals surface area (Å²) in [4.78, 5) is 13.7. The molecule has 0 aliphatic carbocycles. The standard InChI is InChI=1S/C14H14BrNO4/c1-16(14(17)11-6-7-13(15)20-11)9-4-5-10(18-2)12(8-9)19-3/h4-8H,1-3H3. The number of ether oxygens (including phenoxy) is 2. The average Bonchev–Trinajstić information content (AvgIpc) is 2.91. The fraction of sp³-hybridized carbons (Fsp3) is 0.214. The molecule has 0 aliphatic rings. The molecule has 20 heavy (non-hydrogen) atoms. The number of hydrogen-bond donors (Lipinski definition) is 0. The number of nitrogens with zero attached hydrogens (tertiary/aromatic N) is 1. The molecular weight excluding hydrogens is 326 g/mol. The Bertz CT molecular complexity index is 623. The van der Waals surface area contributed by atoms with Gasteiger partial charge in [-0.3, -0.25) is 4.79 Å². The maximum absolute atomic E-state index is 12.3. The van der Waals surface area contributed by atoms with Gasteiger partial charge in [0.05, 0.1) is 14.2 Å². The van der Waals surface area contributed by atoms with Crippen molar-refractivity contribution in [2.45, 2.75) is 0 Å². The van der Waals surface area contributed by atoms with Crippen molar-refractivity contribution in [3.8, 4) is 11.5 Å². The van der Waals surface area contributed by atoms with Gasteiger partial charge in [-0.25, -0.2) is 0 Å². The van der Waals surface area contributed by atoms with Crippen LogP contribution in [-0.4, -0.2) is 27.2 Å². The fourth-order valence-corrected chi connectivity index (χ4v) is 2.05. The van der Waals surface area contributed by atoms with Crippen LogP contribution in [0.4, 0.5) is 5.69 Å². The average molecular weight is 340 g/mol. The fourth-order valence-electron chi connectivity index (χ4n) is 1.75. The highest BCUT2D eigenvalue weighted by molar-refractivity contribution is 9.10. The van der Waals surface area contributed by atoms with Crippen LogP contribution < -0.4 is 14.4 Å². The first-order valence-corrected chi connectivity index (χ1v) is 6.61. The topological polar surface area (TPSA) is 51.9 Å². The zero-order chi connectivity index (χ0) is 14.7. The van der Waals surface area contributed by atoms with E-state index in [1.54, 1.807) is 51.6 Å². The Morgan fingerprint density at radius 2 is 1.85 bits per heavy atom. The van der Waals surface area contributed by atoms with Crippen molar-refractivity contribution in [2.75, 3.05) is 26.2 Å². The first-order chi connectivity index (χ1) is 9.56. The van der Waals surface area contributed by atoms with Gasteiger partial charge >= 0.3 is 0 Å². The van der Waals surface area contributed by atoms with E-state index in [4.69, 9.17) is 13.9 Å². The van der Waals surface area contributed by atoms with E-state index in [9.17, 15) is 4.79 Å². The van der Waals surface area contributed by atoms with Crippen molar-refractivity contribution in [1.82, 2.24) is 0 Å². The van der Waals surface area contributed by atoms with Crippen LogP contribution in [0.2, 0.25) is 0 Å². The third-order valence-corrected chi connectivity index (χ3v) is 3.27. The molecule has 5 nitrogen and oxygen atoms in total. The van der Waals surface area contributed by atoms with Crippen LogP contribution in [0.3, 0.4) is 0 Å². The van der Waals surface area contributed by atoms with Gasteiger partial charge in [0.1, 0.15) is 0 Å². The van der Waals surface area contributed by atoms with Gasteiger partial charge in [-0.2, -0.15) is 0 Å². The van der Waals surface area contributed by atoms with E-state index in [0.29, 0.717) is 21.9 Å². The maximum atomic E-state index is 12.3. The molecule has 0 spiro atoms. The monoisotopic (exact) mass is 339 g/mol. The van der Waals surface area contributed by atoms with Crippen molar-refractivity contribution in [3.63, 3.8) is 0 Å². The van der Waals surface area contributed by atoms with Gasteiger partial charge < -0.3 is 18.8 Å². The summed E-state index contributed by atoms with van der Waals surface area (Å²) >= 11 is 3.17. The van der Waals surface area contributed by atoms with Gasteiger partial charge in [0, 0.05) is 18.8 Å². The lowest BCUT2D eigenvalue weighted by molar-refractivity contribution is 0.0965. The molecule has 0 fully saturated rings. The summed E-state index contributed by atoms with van der Waals surface area (Å²) in [6, 6.07) is 8.54. The first-order valence-electron chi connectivity index (χ1n) is 5.82. The summed E-state index contributed by atoms with van der Waals surface area (Å²) in [6.07, 6.45) is 0. The van der Waals surface area contributed by atoms with Crippen LogP contribution in [0.1, 0.15) is 10.6 Å². The van der Waals surface area contributed by atoms with Crippen LogP contribution in [0.25, 0.3) is 0 Å². The second kappa shape index (κ2) is 6.00. The molecule has 0 bridgehead atoms. The van der Waals surface area contributed by atoms with Crippen LogP contribution in [0.5, 0.6) is 11.5 Å². The molecule has 1 amide bonds. The number of carbonyl (C=O) groups excluding carboxylic acids is 1. The van der Waals surface area contributed by atoms with Crippen molar-refractivity contribution in [3.05, 3.63) is 40.8 Å². The predicted molar refractivity (Wildman–Crippen MR) is 78.7 cm³/mol. The summed E-state index contributed by atoms with van der Waals surface area (Å²) in [5, 5.41) is 0. The maximum Gasteiger partial charge on any atom is 0.293 e. The van der Waals surface area contributed by atoms with E-state index < -0.39 is 0 Å². The lowest BCUT2D eigenvalue weighted by atomic mass is 10.2. The summed E-state index contributed by atoms with van der Waals surface area (Å²) in [6.45, 7) is 0. The number of carbonyl (C=O) groups is 1. The smallest absolute Gasteiger partial charge is 0.293 e. The Morgan fingerprint density at radius 1 is 1.15 bits per heavy atom. The highest BCUT2D eigenvalue weighted by Gasteiger charge is 2.18. The molecule has 0 saturated carbocycles. The zero-order valence-corrected chi connectivity index (χ0v) is 12.9. The quantitative estimate of drug-likeness (QED) is 0.857. The molecular formula is C14H14BrNO4.